The van der Waals surface area contributed by atoms with Crippen LogP contribution in [0, 0.1) is 0 Å². The smallest absolute Gasteiger partial charge is 0.139 e. The molecule has 0 rings (SSSR count). The minimum Gasteiger partial charge on any atom is -0.409 e. The molecule has 0 aliphatic carbocycles. The second kappa shape index (κ2) is 11.3. The Kier molecular flexibility index (Phi) is 10.8. The van der Waals surface area contributed by atoms with E-state index < -0.39 is 0 Å². The van der Waals surface area contributed by atoms with Gasteiger partial charge in [0, 0.05) is 6.42 Å². The quantitative estimate of drug-likeness (QED) is 0.255. The van der Waals surface area contributed by atoms with Crippen molar-refractivity contribution in [2.75, 3.05) is 39.3 Å². The third-order valence-corrected chi connectivity index (χ3v) is 3.33. The van der Waals surface area contributed by atoms with Crippen molar-refractivity contribution in [1.82, 2.24) is 9.80 Å². The van der Waals surface area contributed by atoms with Gasteiger partial charge in [0.05, 0.1) is 0 Å². The standard InChI is InChI=1S/C13H30N4O/c1-4-16(5-2)11-8-12-17(6-3)10-7-9-13(14)15-18/h18H,4-12H2,1-3H3,(H2,14,15). The lowest BCUT2D eigenvalue weighted by Gasteiger charge is -2.23. The number of amidine groups is 1. The molecule has 0 fully saturated rings. The van der Waals surface area contributed by atoms with E-state index in [4.69, 9.17) is 10.9 Å². The van der Waals surface area contributed by atoms with Gasteiger partial charge >= 0.3 is 0 Å². The molecule has 0 aromatic rings. The van der Waals surface area contributed by atoms with E-state index in [0.717, 1.165) is 39.1 Å². The topological polar surface area (TPSA) is 65.1 Å². The fraction of sp³-hybridized carbons (Fsp3) is 0.923. The molecule has 0 radical (unpaired) electrons. The molecule has 0 bridgehead atoms. The van der Waals surface area contributed by atoms with Crippen LogP contribution in [0.5, 0.6) is 0 Å². The van der Waals surface area contributed by atoms with Gasteiger partial charge in [-0.15, -0.1) is 0 Å². The van der Waals surface area contributed by atoms with Crippen LogP contribution in [0.4, 0.5) is 0 Å². The Bertz CT molecular complexity index is 217. The predicted octanol–water partition coefficient (Wildman–Crippen LogP) is 1.57. The Morgan fingerprint density at radius 1 is 0.944 bits per heavy atom. The molecule has 0 heterocycles. The normalized spacial score (nSPS) is 12.6. The van der Waals surface area contributed by atoms with Gasteiger partial charge in [0.15, 0.2) is 0 Å². The number of oxime groups is 1. The lowest BCUT2D eigenvalue weighted by molar-refractivity contribution is 0.242. The van der Waals surface area contributed by atoms with Gasteiger partial charge in [-0.1, -0.05) is 25.9 Å². The van der Waals surface area contributed by atoms with Crippen LogP contribution in [-0.2, 0) is 0 Å². The number of nitrogens with zero attached hydrogens (tertiary/aromatic N) is 3. The highest BCUT2D eigenvalue weighted by Crippen LogP contribution is 1.99. The van der Waals surface area contributed by atoms with Gasteiger partial charge in [-0.3, -0.25) is 0 Å². The number of hydrogen-bond donors (Lipinski definition) is 2. The van der Waals surface area contributed by atoms with Crippen LogP contribution >= 0.6 is 0 Å². The summed E-state index contributed by atoms with van der Waals surface area (Å²) in [5.74, 6) is 0.328. The van der Waals surface area contributed by atoms with Crippen LogP contribution in [0.3, 0.4) is 0 Å². The largest absolute Gasteiger partial charge is 0.409 e. The van der Waals surface area contributed by atoms with Crippen LogP contribution in [0.25, 0.3) is 0 Å². The molecule has 0 aliphatic heterocycles. The molecule has 0 amide bonds. The Morgan fingerprint density at radius 2 is 1.44 bits per heavy atom. The third kappa shape index (κ3) is 8.31. The van der Waals surface area contributed by atoms with E-state index >= 15 is 0 Å². The zero-order valence-corrected chi connectivity index (χ0v) is 12.2. The minimum atomic E-state index is 0.328. The van der Waals surface area contributed by atoms with Crippen LogP contribution < -0.4 is 5.73 Å². The van der Waals surface area contributed by atoms with E-state index in [1.54, 1.807) is 0 Å². The Morgan fingerprint density at radius 3 is 1.94 bits per heavy atom. The molecule has 5 heteroatoms. The molecule has 108 valence electrons. The zero-order valence-electron chi connectivity index (χ0n) is 12.2. The first-order valence-electron chi connectivity index (χ1n) is 7.08. The van der Waals surface area contributed by atoms with Crippen molar-refractivity contribution in [1.29, 1.82) is 0 Å². The van der Waals surface area contributed by atoms with Crippen LogP contribution in [0.1, 0.15) is 40.0 Å². The molecular formula is C13H30N4O. The van der Waals surface area contributed by atoms with Gasteiger partial charge in [0.2, 0.25) is 0 Å². The molecule has 0 atom stereocenters. The summed E-state index contributed by atoms with van der Waals surface area (Å²) in [6.45, 7) is 13.2. The predicted molar refractivity (Wildman–Crippen MR) is 77.2 cm³/mol. The molecule has 0 saturated carbocycles. The van der Waals surface area contributed by atoms with E-state index in [2.05, 4.69) is 35.7 Å². The summed E-state index contributed by atoms with van der Waals surface area (Å²) >= 11 is 0. The third-order valence-electron chi connectivity index (χ3n) is 3.33. The van der Waals surface area contributed by atoms with Crippen molar-refractivity contribution in [2.24, 2.45) is 10.9 Å². The maximum absolute atomic E-state index is 8.46. The van der Waals surface area contributed by atoms with Crippen molar-refractivity contribution < 1.29 is 5.21 Å². The Labute approximate surface area is 112 Å². The molecule has 5 nitrogen and oxygen atoms in total. The van der Waals surface area contributed by atoms with Gasteiger partial charge in [-0.05, 0) is 52.1 Å². The highest BCUT2D eigenvalue weighted by molar-refractivity contribution is 5.79. The van der Waals surface area contributed by atoms with Crippen molar-refractivity contribution in [3.05, 3.63) is 0 Å². The maximum atomic E-state index is 8.46. The first-order valence-corrected chi connectivity index (χ1v) is 7.08. The summed E-state index contributed by atoms with van der Waals surface area (Å²) in [6, 6.07) is 0. The van der Waals surface area contributed by atoms with Crippen molar-refractivity contribution in [2.45, 2.75) is 40.0 Å². The first kappa shape index (κ1) is 17.2. The van der Waals surface area contributed by atoms with Crippen LogP contribution in [0.2, 0.25) is 0 Å². The number of rotatable bonds is 11. The molecule has 0 aromatic carbocycles. The second-order valence-electron chi connectivity index (χ2n) is 4.51. The lowest BCUT2D eigenvalue weighted by atomic mass is 10.2. The summed E-state index contributed by atoms with van der Waals surface area (Å²) in [7, 11) is 0. The van der Waals surface area contributed by atoms with E-state index in [1.807, 2.05) is 0 Å². The zero-order chi connectivity index (χ0) is 13.8. The highest BCUT2D eigenvalue weighted by atomic mass is 16.4. The van der Waals surface area contributed by atoms with E-state index in [9.17, 15) is 0 Å². The summed E-state index contributed by atoms with van der Waals surface area (Å²) in [4.78, 5) is 4.87. The maximum Gasteiger partial charge on any atom is 0.139 e. The summed E-state index contributed by atoms with van der Waals surface area (Å²) in [6.07, 6.45) is 2.83. The van der Waals surface area contributed by atoms with Gasteiger partial charge < -0.3 is 20.7 Å². The van der Waals surface area contributed by atoms with E-state index in [0.29, 0.717) is 12.3 Å². The average molecular weight is 258 g/mol. The first-order chi connectivity index (χ1) is 8.67. The van der Waals surface area contributed by atoms with Gasteiger partial charge in [0.25, 0.3) is 0 Å². The monoisotopic (exact) mass is 258 g/mol. The summed E-state index contributed by atoms with van der Waals surface area (Å²) in [5, 5.41) is 11.4. The molecule has 18 heavy (non-hydrogen) atoms. The number of hydrogen-bond acceptors (Lipinski definition) is 4. The molecule has 0 unspecified atom stereocenters. The highest BCUT2D eigenvalue weighted by Gasteiger charge is 2.04. The second-order valence-corrected chi connectivity index (χ2v) is 4.51. The fourth-order valence-electron chi connectivity index (χ4n) is 2.02. The summed E-state index contributed by atoms with van der Waals surface area (Å²) < 4.78 is 0. The van der Waals surface area contributed by atoms with Crippen LogP contribution in [-0.4, -0.2) is 60.1 Å². The van der Waals surface area contributed by atoms with Gasteiger partial charge in [-0.2, -0.15) is 0 Å². The summed E-state index contributed by atoms with van der Waals surface area (Å²) in [5.41, 5.74) is 5.45. The molecule has 0 spiro atoms. The SMILES string of the molecule is CCN(CC)CCCN(CC)CCCC(N)=NO. The molecule has 3 N–H and O–H groups in total. The molecule has 0 aliphatic rings. The van der Waals surface area contributed by atoms with Crippen molar-refractivity contribution >= 4 is 5.84 Å². The Hall–Kier alpha value is -0.810. The van der Waals surface area contributed by atoms with Crippen molar-refractivity contribution in [3.63, 3.8) is 0 Å². The average Bonchev–Trinajstić information content (AvgIpc) is 2.41. The van der Waals surface area contributed by atoms with Gasteiger partial charge in [0.1, 0.15) is 5.84 Å². The van der Waals surface area contributed by atoms with E-state index in [-0.39, 0.29) is 0 Å². The Balaban J connectivity index is 3.70. The van der Waals surface area contributed by atoms with Crippen molar-refractivity contribution in [3.8, 4) is 0 Å². The molecule has 0 aromatic heterocycles. The van der Waals surface area contributed by atoms with Gasteiger partial charge in [-0.25, -0.2) is 0 Å². The fourth-order valence-corrected chi connectivity index (χ4v) is 2.02. The van der Waals surface area contributed by atoms with Crippen LogP contribution in [0.15, 0.2) is 5.16 Å². The molecular weight excluding hydrogens is 228 g/mol. The minimum absolute atomic E-state index is 0.328. The number of nitrogens with two attached hydrogens (primary N) is 1. The molecule has 0 saturated heterocycles. The lowest BCUT2D eigenvalue weighted by Crippen LogP contribution is -2.31. The van der Waals surface area contributed by atoms with E-state index in [1.165, 1.54) is 13.0 Å².